The van der Waals surface area contributed by atoms with E-state index in [0.717, 1.165) is 38.0 Å². The van der Waals surface area contributed by atoms with Gasteiger partial charge >= 0.3 is 0 Å². The molecule has 1 heterocycles. The van der Waals surface area contributed by atoms with E-state index in [1.54, 1.807) is 0 Å². The van der Waals surface area contributed by atoms with Crippen molar-refractivity contribution in [2.75, 3.05) is 13.1 Å². The van der Waals surface area contributed by atoms with Gasteiger partial charge < -0.3 is 15.2 Å². The van der Waals surface area contributed by atoms with Crippen LogP contribution in [-0.2, 0) is 23.4 Å². The van der Waals surface area contributed by atoms with Gasteiger partial charge in [-0.1, -0.05) is 24.3 Å². The number of nitrogens with one attached hydrogen (secondary N) is 2. The average molecular weight is 282 g/mol. The van der Waals surface area contributed by atoms with Crippen LogP contribution in [-0.4, -0.2) is 27.4 Å². The van der Waals surface area contributed by atoms with Gasteiger partial charge in [-0.3, -0.25) is 0 Å². The molecule has 1 unspecified atom stereocenters. The quantitative estimate of drug-likeness (QED) is 0.719. The standard InChI is InChI=1S/C14H22N2O2S/c1-14(6-8-15-9-7-14)16-10-12-2-4-13(5-3-12)11-19(17)18/h2-5,15-16H,6-11H2,1H3,(H,17,18). The Hall–Kier alpha value is -0.750. The molecule has 1 aliphatic rings. The lowest BCUT2D eigenvalue weighted by Gasteiger charge is -2.35. The molecule has 1 saturated heterocycles. The van der Waals surface area contributed by atoms with Gasteiger partial charge in [-0.15, -0.1) is 0 Å². The molecule has 0 spiro atoms. The van der Waals surface area contributed by atoms with Crippen molar-refractivity contribution < 1.29 is 8.76 Å². The second-order valence-electron chi connectivity index (χ2n) is 5.45. The Labute approximate surface area is 117 Å². The minimum Gasteiger partial charge on any atom is -0.317 e. The molecule has 1 aromatic carbocycles. The molecule has 1 atom stereocenters. The van der Waals surface area contributed by atoms with Gasteiger partial charge in [0.05, 0.1) is 5.75 Å². The van der Waals surface area contributed by atoms with Crippen LogP contribution in [0.2, 0.25) is 0 Å². The molecule has 0 bridgehead atoms. The summed E-state index contributed by atoms with van der Waals surface area (Å²) in [7, 11) is 0. The molecule has 0 aliphatic carbocycles. The molecular formula is C14H22N2O2S. The summed E-state index contributed by atoms with van der Waals surface area (Å²) in [5, 5.41) is 7.00. The fourth-order valence-corrected chi connectivity index (χ4v) is 2.84. The van der Waals surface area contributed by atoms with Crippen LogP contribution in [0.15, 0.2) is 24.3 Å². The molecule has 3 N–H and O–H groups in total. The van der Waals surface area contributed by atoms with Crippen molar-refractivity contribution >= 4 is 11.1 Å². The molecule has 2 rings (SSSR count). The van der Waals surface area contributed by atoms with Crippen LogP contribution in [0, 0.1) is 0 Å². The Morgan fingerprint density at radius 1 is 1.26 bits per heavy atom. The van der Waals surface area contributed by atoms with Gasteiger partial charge in [0.15, 0.2) is 11.1 Å². The van der Waals surface area contributed by atoms with E-state index >= 15 is 0 Å². The first kappa shape index (κ1) is 14.7. The van der Waals surface area contributed by atoms with Gasteiger partial charge in [-0.25, -0.2) is 4.21 Å². The van der Waals surface area contributed by atoms with E-state index in [0.29, 0.717) is 0 Å². The number of piperidine rings is 1. The summed E-state index contributed by atoms with van der Waals surface area (Å²) < 4.78 is 19.6. The summed E-state index contributed by atoms with van der Waals surface area (Å²) in [6, 6.07) is 7.91. The molecule has 1 aliphatic heterocycles. The van der Waals surface area contributed by atoms with Gasteiger partial charge in [0.2, 0.25) is 0 Å². The molecule has 5 heteroatoms. The molecule has 1 aromatic rings. The van der Waals surface area contributed by atoms with Crippen LogP contribution in [0.1, 0.15) is 30.9 Å². The zero-order valence-electron chi connectivity index (χ0n) is 11.3. The van der Waals surface area contributed by atoms with E-state index in [1.165, 1.54) is 5.56 Å². The Bertz CT molecular complexity index is 428. The molecular weight excluding hydrogens is 260 g/mol. The van der Waals surface area contributed by atoms with E-state index in [4.69, 9.17) is 4.55 Å². The third-order valence-electron chi connectivity index (χ3n) is 3.74. The Morgan fingerprint density at radius 2 is 1.84 bits per heavy atom. The molecule has 106 valence electrons. The van der Waals surface area contributed by atoms with Gasteiger partial charge in [0.1, 0.15) is 0 Å². The van der Waals surface area contributed by atoms with E-state index in [-0.39, 0.29) is 11.3 Å². The van der Waals surface area contributed by atoms with Crippen molar-refractivity contribution in [1.82, 2.24) is 10.6 Å². The fourth-order valence-electron chi connectivity index (χ4n) is 2.37. The third kappa shape index (κ3) is 4.69. The lowest BCUT2D eigenvalue weighted by molar-refractivity contribution is 0.265. The SMILES string of the molecule is CC1(NCc2ccc(CS(=O)O)cc2)CCNCC1. The van der Waals surface area contributed by atoms with Crippen LogP contribution in [0.25, 0.3) is 0 Å². The van der Waals surface area contributed by atoms with Crippen molar-refractivity contribution in [3.05, 3.63) is 35.4 Å². The maximum atomic E-state index is 10.7. The number of benzene rings is 1. The summed E-state index contributed by atoms with van der Waals surface area (Å²) in [5.41, 5.74) is 2.33. The predicted octanol–water partition coefficient (Wildman–Crippen LogP) is 1.64. The molecule has 0 aromatic heterocycles. The Balaban J connectivity index is 1.87. The molecule has 0 saturated carbocycles. The van der Waals surface area contributed by atoms with Gasteiger partial charge in [-0.2, -0.15) is 0 Å². The molecule has 0 radical (unpaired) electrons. The summed E-state index contributed by atoms with van der Waals surface area (Å²) in [5.74, 6) is 0.205. The summed E-state index contributed by atoms with van der Waals surface area (Å²) >= 11 is -1.76. The minimum absolute atomic E-state index is 0.205. The van der Waals surface area contributed by atoms with Crippen LogP contribution in [0.5, 0.6) is 0 Å². The van der Waals surface area contributed by atoms with Crippen LogP contribution >= 0.6 is 0 Å². The molecule has 4 nitrogen and oxygen atoms in total. The van der Waals surface area contributed by atoms with E-state index < -0.39 is 11.1 Å². The summed E-state index contributed by atoms with van der Waals surface area (Å²) in [6.45, 7) is 5.27. The van der Waals surface area contributed by atoms with Crippen LogP contribution in [0.3, 0.4) is 0 Å². The summed E-state index contributed by atoms with van der Waals surface area (Å²) in [4.78, 5) is 0. The van der Waals surface area contributed by atoms with E-state index in [9.17, 15) is 4.21 Å². The Morgan fingerprint density at radius 3 is 2.42 bits per heavy atom. The topological polar surface area (TPSA) is 61.4 Å². The first-order valence-electron chi connectivity index (χ1n) is 6.68. The van der Waals surface area contributed by atoms with E-state index in [1.807, 2.05) is 24.3 Å². The fraction of sp³-hybridized carbons (Fsp3) is 0.571. The zero-order valence-corrected chi connectivity index (χ0v) is 12.1. The second-order valence-corrected chi connectivity index (χ2v) is 6.38. The monoisotopic (exact) mass is 282 g/mol. The highest BCUT2D eigenvalue weighted by atomic mass is 32.2. The highest BCUT2D eigenvalue weighted by molar-refractivity contribution is 7.78. The van der Waals surface area contributed by atoms with Gasteiger partial charge in [0, 0.05) is 12.1 Å². The van der Waals surface area contributed by atoms with Crippen molar-refractivity contribution in [1.29, 1.82) is 0 Å². The van der Waals surface area contributed by atoms with Crippen molar-refractivity contribution in [2.24, 2.45) is 0 Å². The third-order valence-corrected chi connectivity index (χ3v) is 4.32. The normalized spacial score (nSPS) is 20.1. The van der Waals surface area contributed by atoms with Crippen molar-refractivity contribution in [2.45, 2.75) is 37.6 Å². The highest BCUT2D eigenvalue weighted by Gasteiger charge is 2.25. The number of hydrogen-bond donors (Lipinski definition) is 3. The predicted molar refractivity (Wildman–Crippen MR) is 78.3 cm³/mol. The number of hydrogen-bond acceptors (Lipinski definition) is 3. The highest BCUT2D eigenvalue weighted by Crippen LogP contribution is 2.18. The first-order valence-corrected chi connectivity index (χ1v) is 7.96. The average Bonchev–Trinajstić information content (AvgIpc) is 2.38. The second kappa shape index (κ2) is 6.61. The van der Waals surface area contributed by atoms with Crippen molar-refractivity contribution in [3.63, 3.8) is 0 Å². The number of rotatable bonds is 5. The summed E-state index contributed by atoms with van der Waals surface area (Å²) in [6.07, 6.45) is 2.29. The first-order chi connectivity index (χ1) is 9.07. The molecule has 19 heavy (non-hydrogen) atoms. The van der Waals surface area contributed by atoms with Crippen LogP contribution in [0.4, 0.5) is 0 Å². The Kier molecular flexibility index (Phi) is 5.10. The maximum absolute atomic E-state index is 10.7. The van der Waals surface area contributed by atoms with E-state index in [2.05, 4.69) is 17.6 Å². The lowest BCUT2D eigenvalue weighted by atomic mass is 9.90. The zero-order chi connectivity index (χ0) is 13.7. The van der Waals surface area contributed by atoms with Gasteiger partial charge in [-0.05, 0) is 44.0 Å². The largest absolute Gasteiger partial charge is 0.317 e. The maximum Gasteiger partial charge on any atom is 0.157 e. The van der Waals surface area contributed by atoms with Crippen molar-refractivity contribution in [3.8, 4) is 0 Å². The molecule has 1 fully saturated rings. The lowest BCUT2D eigenvalue weighted by Crippen LogP contribution is -2.49. The van der Waals surface area contributed by atoms with Crippen LogP contribution < -0.4 is 10.6 Å². The minimum atomic E-state index is -1.76. The molecule has 0 amide bonds. The smallest absolute Gasteiger partial charge is 0.157 e. The van der Waals surface area contributed by atoms with Gasteiger partial charge in [0.25, 0.3) is 0 Å².